The Hall–Kier alpha value is -2.18. The average Bonchev–Trinajstić information content (AvgIpc) is 2.59. The van der Waals surface area contributed by atoms with Gasteiger partial charge in [0.1, 0.15) is 11.5 Å². The summed E-state index contributed by atoms with van der Waals surface area (Å²) in [4.78, 5) is 18.1. The van der Waals surface area contributed by atoms with Crippen LogP contribution in [0.1, 0.15) is 29.9 Å². The van der Waals surface area contributed by atoms with Crippen molar-refractivity contribution in [2.24, 2.45) is 0 Å². The van der Waals surface area contributed by atoms with Gasteiger partial charge in [0.15, 0.2) is 0 Å². The second kappa shape index (κ2) is 8.01. The lowest BCUT2D eigenvalue weighted by Crippen LogP contribution is -2.45. The van der Waals surface area contributed by atoms with Gasteiger partial charge in [0.25, 0.3) is 5.91 Å². The molecule has 1 aromatic carbocycles. The van der Waals surface area contributed by atoms with Gasteiger partial charge >= 0.3 is 0 Å². The van der Waals surface area contributed by atoms with E-state index in [2.05, 4.69) is 10.3 Å². The van der Waals surface area contributed by atoms with Crippen molar-refractivity contribution in [3.05, 3.63) is 58.6 Å². The number of hydrogen-bond donors (Lipinski definition) is 1. The van der Waals surface area contributed by atoms with E-state index in [9.17, 15) is 9.18 Å². The molecule has 1 N–H and O–H groups in total. The van der Waals surface area contributed by atoms with Crippen LogP contribution < -0.4 is 10.2 Å². The molecule has 2 atom stereocenters. The number of nitrogens with one attached hydrogen (secondary N) is 1. The predicted molar refractivity (Wildman–Crippen MR) is 99.0 cm³/mol. The van der Waals surface area contributed by atoms with E-state index >= 15 is 0 Å². The third-order valence-corrected chi connectivity index (χ3v) is 4.42. The first-order valence-corrected chi connectivity index (χ1v) is 8.89. The van der Waals surface area contributed by atoms with Crippen molar-refractivity contribution in [1.82, 2.24) is 10.3 Å². The van der Waals surface area contributed by atoms with Crippen LogP contribution in [0.2, 0.25) is 5.02 Å². The second-order valence-electron chi connectivity index (χ2n) is 6.49. The molecule has 0 aliphatic carbocycles. The molecule has 0 unspecified atom stereocenters. The molecular weight excluding hydrogens is 357 g/mol. The lowest BCUT2D eigenvalue weighted by atomic mass is 10.1. The summed E-state index contributed by atoms with van der Waals surface area (Å²) in [5, 5.41) is 3.16. The van der Waals surface area contributed by atoms with Crippen molar-refractivity contribution in [2.75, 3.05) is 18.0 Å². The van der Waals surface area contributed by atoms with Crippen LogP contribution in [0.4, 0.5) is 10.1 Å². The zero-order valence-electron chi connectivity index (χ0n) is 14.7. The first kappa shape index (κ1) is 18.6. The number of aromatic nitrogens is 1. The highest BCUT2D eigenvalue weighted by Crippen LogP contribution is 2.24. The Balaban J connectivity index is 1.65. The summed E-state index contributed by atoms with van der Waals surface area (Å²) >= 11 is 5.86. The number of carbonyl (C=O) groups is 1. The summed E-state index contributed by atoms with van der Waals surface area (Å²) in [6.45, 7) is 5.47. The number of anilines is 1. The molecular formula is C19H21ClFN3O2. The third kappa shape index (κ3) is 4.51. The van der Waals surface area contributed by atoms with Gasteiger partial charge in [-0.1, -0.05) is 17.7 Å². The molecule has 1 saturated heterocycles. The van der Waals surface area contributed by atoms with Crippen molar-refractivity contribution in [1.29, 1.82) is 0 Å². The molecule has 0 bridgehead atoms. The van der Waals surface area contributed by atoms with Crippen molar-refractivity contribution >= 4 is 23.2 Å². The Kier molecular flexibility index (Phi) is 5.74. The monoisotopic (exact) mass is 377 g/mol. The van der Waals surface area contributed by atoms with E-state index in [4.69, 9.17) is 16.3 Å². The molecule has 0 radical (unpaired) electrons. The van der Waals surface area contributed by atoms with Crippen molar-refractivity contribution < 1.29 is 13.9 Å². The van der Waals surface area contributed by atoms with Gasteiger partial charge in [-0.3, -0.25) is 9.78 Å². The van der Waals surface area contributed by atoms with Gasteiger partial charge in [0.05, 0.1) is 17.9 Å². The Morgan fingerprint density at radius 1 is 1.31 bits per heavy atom. The zero-order valence-corrected chi connectivity index (χ0v) is 15.5. The second-order valence-corrected chi connectivity index (χ2v) is 6.93. The Bertz CT molecular complexity index is 792. The molecule has 1 amide bonds. The summed E-state index contributed by atoms with van der Waals surface area (Å²) in [7, 11) is 0. The van der Waals surface area contributed by atoms with Gasteiger partial charge < -0.3 is 15.0 Å². The summed E-state index contributed by atoms with van der Waals surface area (Å²) < 4.78 is 20.3. The molecule has 1 aromatic heterocycles. The molecule has 3 rings (SSSR count). The minimum absolute atomic E-state index is 0.0577. The van der Waals surface area contributed by atoms with Crippen LogP contribution in [0.15, 0.2) is 36.5 Å². The van der Waals surface area contributed by atoms with E-state index in [0.29, 0.717) is 29.4 Å². The van der Waals surface area contributed by atoms with Crippen molar-refractivity contribution in [3.63, 3.8) is 0 Å². The number of benzene rings is 1. The summed E-state index contributed by atoms with van der Waals surface area (Å²) in [5.41, 5.74) is 1.46. The SMILES string of the molecule is C[C@@H]1CN(c2ccc(CNC(=O)c3cc(Cl)ccn3)cc2F)C[C@H](C)O1. The van der Waals surface area contributed by atoms with E-state index in [1.165, 1.54) is 18.3 Å². The lowest BCUT2D eigenvalue weighted by Gasteiger charge is -2.37. The highest BCUT2D eigenvalue weighted by atomic mass is 35.5. The maximum absolute atomic E-state index is 14.6. The van der Waals surface area contributed by atoms with Gasteiger partial charge in [0.2, 0.25) is 0 Å². The standard InChI is InChI=1S/C19H21ClFN3O2/c1-12-10-24(11-13(2)26-12)18-4-3-14(7-16(18)21)9-23-19(25)17-8-15(20)5-6-22-17/h3-8,12-13H,9-11H2,1-2H3,(H,23,25)/t12-,13+. The van der Waals surface area contributed by atoms with Crippen LogP contribution in [-0.2, 0) is 11.3 Å². The van der Waals surface area contributed by atoms with Crippen LogP contribution >= 0.6 is 11.6 Å². The normalized spacial score (nSPS) is 20.1. The molecule has 2 aromatic rings. The maximum Gasteiger partial charge on any atom is 0.270 e. The van der Waals surface area contributed by atoms with Gasteiger partial charge in [-0.05, 0) is 43.7 Å². The topological polar surface area (TPSA) is 54.5 Å². The number of pyridine rings is 1. The first-order chi connectivity index (χ1) is 12.4. The fourth-order valence-electron chi connectivity index (χ4n) is 3.09. The molecule has 7 heteroatoms. The lowest BCUT2D eigenvalue weighted by molar-refractivity contribution is -0.00539. The van der Waals surface area contributed by atoms with Crippen molar-refractivity contribution in [3.8, 4) is 0 Å². The molecule has 0 saturated carbocycles. The zero-order chi connectivity index (χ0) is 18.7. The van der Waals surface area contributed by atoms with Crippen LogP contribution in [0.5, 0.6) is 0 Å². The fraction of sp³-hybridized carbons (Fsp3) is 0.368. The molecule has 26 heavy (non-hydrogen) atoms. The van der Waals surface area contributed by atoms with E-state index in [0.717, 1.165) is 0 Å². The van der Waals surface area contributed by atoms with Gasteiger partial charge in [-0.15, -0.1) is 0 Å². The molecule has 1 fully saturated rings. The molecule has 2 heterocycles. The summed E-state index contributed by atoms with van der Waals surface area (Å²) in [5.74, 6) is -0.660. The van der Waals surface area contributed by atoms with Gasteiger partial charge in [-0.2, -0.15) is 0 Å². The predicted octanol–water partition coefficient (Wildman–Crippen LogP) is 3.42. The number of ether oxygens (including phenoxy) is 1. The number of amides is 1. The molecule has 1 aliphatic rings. The third-order valence-electron chi connectivity index (χ3n) is 4.18. The average molecular weight is 378 g/mol. The number of hydrogen-bond acceptors (Lipinski definition) is 4. The highest BCUT2D eigenvalue weighted by molar-refractivity contribution is 6.30. The van der Waals surface area contributed by atoms with Gasteiger partial charge in [0, 0.05) is 30.9 Å². The minimum atomic E-state index is -0.354. The van der Waals surface area contributed by atoms with E-state index in [1.54, 1.807) is 12.1 Å². The van der Waals surface area contributed by atoms with Crippen molar-refractivity contribution in [2.45, 2.75) is 32.6 Å². The van der Waals surface area contributed by atoms with Crippen LogP contribution in [0.3, 0.4) is 0 Å². The number of rotatable bonds is 4. The first-order valence-electron chi connectivity index (χ1n) is 8.51. The van der Waals surface area contributed by atoms with E-state index < -0.39 is 0 Å². The summed E-state index contributed by atoms with van der Waals surface area (Å²) in [6, 6.07) is 8.10. The number of morpholine rings is 1. The minimum Gasteiger partial charge on any atom is -0.372 e. The van der Waals surface area contributed by atoms with Crippen LogP contribution in [-0.4, -0.2) is 36.2 Å². The van der Waals surface area contributed by atoms with Crippen LogP contribution in [0.25, 0.3) is 0 Å². The van der Waals surface area contributed by atoms with Crippen LogP contribution in [0, 0.1) is 5.82 Å². The maximum atomic E-state index is 14.6. The Morgan fingerprint density at radius 2 is 2.04 bits per heavy atom. The Morgan fingerprint density at radius 3 is 2.69 bits per heavy atom. The molecule has 1 aliphatic heterocycles. The number of carbonyl (C=O) groups excluding carboxylic acids is 1. The Labute approximate surface area is 157 Å². The van der Waals surface area contributed by atoms with E-state index in [-0.39, 0.29) is 36.2 Å². The quantitative estimate of drug-likeness (QED) is 0.887. The molecule has 138 valence electrons. The highest BCUT2D eigenvalue weighted by Gasteiger charge is 2.24. The largest absolute Gasteiger partial charge is 0.372 e. The van der Waals surface area contributed by atoms with Gasteiger partial charge in [-0.25, -0.2) is 4.39 Å². The fourth-order valence-corrected chi connectivity index (χ4v) is 3.25. The smallest absolute Gasteiger partial charge is 0.270 e. The summed E-state index contributed by atoms with van der Waals surface area (Å²) in [6.07, 6.45) is 1.58. The number of halogens is 2. The molecule has 0 spiro atoms. The molecule has 5 nitrogen and oxygen atoms in total. The number of nitrogens with zero attached hydrogens (tertiary/aromatic N) is 2. The van der Waals surface area contributed by atoms with E-state index in [1.807, 2.05) is 24.8 Å².